The molecule has 1 aliphatic carbocycles. The van der Waals surface area contributed by atoms with Gasteiger partial charge >= 0.3 is 0 Å². The average Bonchev–Trinajstić information content (AvgIpc) is 2.68. The van der Waals surface area contributed by atoms with E-state index in [-0.39, 0.29) is 0 Å². The third-order valence-electron chi connectivity index (χ3n) is 5.44. The molecule has 0 radical (unpaired) electrons. The molecule has 128 valence electrons. The lowest BCUT2D eigenvalue weighted by atomic mass is 9.89. The highest BCUT2D eigenvalue weighted by molar-refractivity contribution is 9.14. The Morgan fingerprint density at radius 2 is 1.85 bits per heavy atom. The molecule has 0 N–H and O–H groups in total. The quantitative estimate of drug-likeness (QED) is 0.578. The van der Waals surface area contributed by atoms with Crippen LogP contribution < -0.4 is 10.4 Å². The molecule has 0 saturated heterocycles. The van der Waals surface area contributed by atoms with Crippen LogP contribution in [-0.4, -0.2) is 10.7 Å². The summed E-state index contributed by atoms with van der Waals surface area (Å²) in [5, 5.41) is 3.83. The van der Waals surface area contributed by atoms with Crippen LogP contribution >= 0.6 is 15.9 Å². The lowest BCUT2D eigenvalue weighted by Crippen LogP contribution is -2.34. The van der Waals surface area contributed by atoms with Crippen LogP contribution in [0.25, 0.3) is 21.0 Å². The van der Waals surface area contributed by atoms with E-state index in [1.165, 1.54) is 37.3 Å². The molecule has 3 aromatic rings. The molecule has 2 aromatic carbocycles. The van der Waals surface area contributed by atoms with Gasteiger partial charge in [-0.25, -0.2) is 0 Å². The Labute approximate surface area is 161 Å². The van der Waals surface area contributed by atoms with E-state index in [1.807, 2.05) is 12.3 Å². The first-order valence-corrected chi connectivity index (χ1v) is 9.93. The van der Waals surface area contributed by atoms with Gasteiger partial charge in [0.05, 0.1) is 11.2 Å². The summed E-state index contributed by atoms with van der Waals surface area (Å²) in [5.41, 5.74) is 7.35. The normalized spacial score (nSPS) is 16.3. The fourth-order valence-electron chi connectivity index (χ4n) is 4.11. The molecule has 2 nitrogen and oxygen atoms in total. The summed E-state index contributed by atoms with van der Waals surface area (Å²) in [4.78, 5) is 9.76. The summed E-state index contributed by atoms with van der Waals surface area (Å²) in [5.74, 6) is 0. The molecule has 0 unspecified atom stereocenters. The van der Waals surface area contributed by atoms with Gasteiger partial charge < -0.3 is 0 Å². The maximum atomic E-state index is 5.14. The van der Waals surface area contributed by atoms with E-state index in [2.05, 4.69) is 64.2 Å². The van der Waals surface area contributed by atoms with Crippen molar-refractivity contribution in [2.24, 2.45) is 4.99 Å². The molecule has 0 saturated carbocycles. The Kier molecular flexibility index (Phi) is 3.79. The smallest absolute Gasteiger partial charge is 0.0961 e. The number of aliphatic imine (C=N–C) groups is 1. The van der Waals surface area contributed by atoms with Crippen LogP contribution in [0.5, 0.6) is 0 Å². The van der Waals surface area contributed by atoms with Crippen molar-refractivity contribution in [3.63, 3.8) is 0 Å². The summed E-state index contributed by atoms with van der Waals surface area (Å²) in [6.45, 7) is 2.16. The van der Waals surface area contributed by atoms with Crippen molar-refractivity contribution in [2.75, 3.05) is 0 Å². The van der Waals surface area contributed by atoms with Crippen LogP contribution in [0.2, 0.25) is 0 Å². The number of nitrogens with zero attached hydrogens (tertiary/aromatic N) is 2. The fraction of sp³-hybridized carbons (Fsp3) is 0.217. The van der Waals surface area contributed by atoms with E-state index in [0.717, 1.165) is 42.3 Å². The fourth-order valence-corrected chi connectivity index (χ4v) is 4.65. The standard InChI is InChI=1S/C23H19BrN2/c1-14-4-8-17-19(13-14)18(9-10-20(17)24)21-11-7-16-6-5-15-3-2-12-25-22(15)23(16)26-21/h2-6,8,12-13H,7,9-11H2,1H3. The number of benzene rings is 2. The number of aromatic nitrogens is 1. The van der Waals surface area contributed by atoms with Crippen molar-refractivity contribution in [2.45, 2.75) is 32.6 Å². The number of aryl methyl sites for hydroxylation is 2. The minimum absolute atomic E-state index is 1.01. The monoisotopic (exact) mass is 402 g/mol. The van der Waals surface area contributed by atoms with Crippen molar-refractivity contribution in [1.29, 1.82) is 0 Å². The predicted molar refractivity (Wildman–Crippen MR) is 113 cm³/mol. The van der Waals surface area contributed by atoms with E-state index in [0.29, 0.717) is 0 Å². The van der Waals surface area contributed by atoms with E-state index < -0.39 is 0 Å². The number of fused-ring (bicyclic) bond motifs is 4. The SMILES string of the molecule is Cc1ccc2c(c1)=C(C1=Nc3c(ccc4cccnc34)CC1)CCC=2Br. The maximum absolute atomic E-state index is 5.14. The largest absolute Gasteiger partial charge is 0.254 e. The van der Waals surface area contributed by atoms with Crippen LogP contribution in [0.1, 0.15) is 30.4 Å². The van der Waals surface area contributed by atoms with Gasteiger partial charge in [0.15, 0.2) is 0 Å². The molecule has 0 amide bonds. The molecule has 0 fully saturated rings. The second-order valence-electron chi connectivity index (χ2n) is 7.14. The zero-order chi connectivity index (χ0) is 17.7. The lowest BCUT2D eigenvalue weighted by molar-refractivity contribution is 0.997. The van der Waals surface area contributed by atoms with E-state index >= 15 is 0 Å². The van der Waals surface area contributed by atoms with Crippen molar-refractivity contribution in [1.82, 2.24) is 4.98 Å². The molecular formula is C23H19BrN2. The van der Waals surface area contributed by atoms with Crippen LogP contribution in [0.15, 0.2) is 53.7 Å². The van der Waals surface area contributed by atoms with E-state index in [9.17, 15) is 0 Å². The molecule has 1 aliphatic heterocycles. The zero-order valence-electron chi connectivity index (χ0n) is 14.7. The molecule has 5 rings (SSSR count). The topological polar surface area (TPSA) is 25.2 Å². The molecule has 3 heteroatoms. The number of rotatable bonds is 1. The molecular weight excluding hydrogens is 384 g/mol. The Bertz CT molecular complexity index is 1200. The van der Waals surface area contributed by atoms with Gasteiger partial charge in [-0.1, -0.05) is 57.9 Å². The molecule has 0 atom stereocenters. The van der Waals surface area contributed by atoms with Crippen molar-refractivity contribution in [3.8, 4) is 0 Å². The molecule has 2 heterocycles. The van der Waals surface area contributed by atoms with Gasteiger partial charge in [-0.05, 0) is 60.2 Å². The van der Waals surface area contributed by atoms with Gasteiger partial charge in [-0.15, -0.1) is 0 Å². The maximum Gasteiger partial charge on any atom is 0.0961 e. The third-order valence-corrected chi connectivity index (χ3v) is 6.27. The Morgan fingerprint density at radius 3 is 2.77 bits per heavy atom. The minimum Gasteiger partial charge on any atom is -0.254 e. The number of hydrogen-bond donors (Lipinski definition) is 0. The van der Waals surface area contributed by atoms with E-state index in [1.54, 1.807) is 0 Å². The number of hydrogen-bond acceptors (Lipinski definition) is 2. The highest BCUT2D eigenvalue weighted by atomic mass is 79.9. The van der Waals surface area contributed by atoms with Crippen molar-refractivity contribution in [3.05, 3.63) is 70.2 Å². The van der Waals surface area contributed by atoms with Crippen molar-refractivity contribution < 1.29 is 0 Å². The molecule has 0 spiro atoms. The van der Waals surface area contributed by atoms with Gasteiger partial charge in [0.1, 0.15) is 0 Å². The average molecular weight is 403 g/mol. The lowest BCUT2D eigenvalue weighted by Gasteiger charge is -2.21. The van der Waals surface area contributed by atoms with Gasteiger partial charge in [-0.2, -0.15) is 0 Å². The summed E-state index contributed by atoms with van der Waals surface area (Å²) in [6, 6.07) is 15.2. The first kappa shape index (κ1) is 16.0. The van der Waals surface area contributed by atoms with E-state index in [4.69, 9.17) is 4.99 Å². The Morgan fingerprint density at radius 1 is 0.923 bits per heavy atom. The van der Waals surface area contributed by atoms with Gasteiger partial charge in [0.25, 0.3) is 0 Å². The van der Waals surface area contributed by atoms with Crippen LogP contribution in [0, 0.1) is 6.92 Å². The molecule has 26 heavy (non-hydrogen) atoms. The highest BCUT2D eigenvalue weighted by Gasteiger charge is 2.20. The second kappa shape index (κ2) is 6.17. The summed E-state index contributed by atoms with van der Waals surface area (Å²) in [6.07, 6.45) is 6.00. The third kappa shape index (κ3) is 2.53. The number of pyridine rings is 1. The summed E-state index contributed by atoms with van der Waals surface area (Å²) >= 11 is 3.77. The van der Waals surface area contributed by atoms with Gasteiger partial charge in [0, 0.05) is 21.8 Å². The van der Waals surface area contributed by atoms with Crippen molar-refractivity contribution >= 4 is 48.3 Å². The predicted octanol–water partition coefficient (Wildman–Crippen LogP) is 4.71. The Balaban J connectivity index is 1.79. The van der Waals surface area contributed by atoms with Crippen LogP contribution in [0.3, 0.4) is 0 Å². The van der Waals surface area contributed by atoms with Gasteiger partial charge in [0.2, 0.25) is 0 Å². The van der Waals surface area contributed by atoms with Crippen LogP contribution in [0.4, 0.5) is 5.69 Å². The first-order chi connectivity index (χ1) is 12.7. The summed E-state index contributed by atoms with van der Waals surface area (Å²) < 4.78 is 1.31. The zero-order valence-corrected chi connectivity index (χ0v) is 16.3. The number of halogens is 1. The highest BCUT2D eigenvalue weighted by Crippen LogP contribution is 2.35. The van der Waals surface area contributed by atoms with Gasteiger partial charge in [-0.3, -0.25) is 9.98 Å². The molecule has 2 aliphatic rings. The minimum atomic E-state index is 1.01. The summed E-state index contributed by atoms with van der Waals surface area (Å²) in [7, 11) is 0. The Hall–Kier alpha value is -2.26. The first-order valence-electron chi connectivity index (χ1n) is 9.14. The molecule has 1 aromatic heterocycles. The molecule has 0 bridgehead atoms. The van der Waals surface area contributed by atoms with Crippen LogP contribution in [-0.2, 0) is 6.42 Å². The second-order valence-corrected chi connectivity index (χ2v) is 8.10.